The van der Waals surface area contributed by atoms with Gasteiger partial charge in [0.2, 0.25) is 0 Å². The van der Waals surface area contributed by atoms with Crippen molar-refractivity contribution >= 4 is 22.9 Å². The number of hydrogen-bond acceptors (Lipinski definition) is 1. The minimum Gasteiger partial charge on any atom is -0.115 e. The maximum Gasteiger partial charge on any atom is 0.0941 e. The van der Waals surface area contributed by atoms with Gasteiger partial charge in [-0.05, 0) is 12.1 Å². The van der Waals surface area contributed by atoms with E-state index in [9.17, 15) is 0 Å². The minimum absolute atomic E-state index is 0.722. The summed E-state index contributed by atoms with van der Waals surface area (Å²) in [5.74, 6) is 5.78. The molecule has 0 bridgehead atoms. The van der Waals surface area contributed by atoms with Crippen LogP contribution in [0.15, 0.2) is 36.9 Å². The Bertz CT molecular complexity index is 363. The molecule has 0 aliphatic carbocycles. The standard InChI is InChI=1S/C10H7ClS/c1-3-8(2)4-5-9-6-7-10(11)12-9/h3,6-7H,1-2H2. The molecule has 0 aliphatic rings. The van der Waals surface area contributed by atoms with E-state index < -0.39 is 0 Å². The van der Waals surface area contributed by atoms with Crippen LogP contribution in [0.1, 0.15) is 4.88 Å². The molecule has 0 fully saturated rings. The Hall–Kier alpha value is -0.970. The van der Waals surface area contributed by atoms with Gasteiger partial charge < -0.3 is 0 Å². The van der Waals surface area contributed by atoms with Crippen LogP contribution in [0.3, 0.4) is 0 Å². The van der Waals surface area contributed by atoms with Crippen LogP contribution in [0, 0.1) is 11.8 Å². The number of hydrogen-bond donors (Lipinski definition) is 0. The van der Waals surface area contributed by atoms with Crippen LogP contribution in [0.25, 0.3) is 0 Å². The van der Waals surface area contributed by atoms with E-state index in [1.165, 1.54) is 11.3 Å². The molecule has 60 valence electrons. The predicted octanol–water partition coefficient (Wildman–Crippen LogP) is 3.50. The van der Waals surface area contributed by atoms with Crippen molar-refractivity contribution in [3.63, 3.8) is 0 Å². The molecule has 0 saturated heterocycles. The van der Waals surface area contributed by atoms with Crippen molar-refractivity contribution in [1.82, 2.24) is 0 Å². The van der Waals surface area contributed by atoms with Crippen molar-refractivity contribution in [2.75, 3.05) is 0 Å². The molecule has 0 radical (unpaired) electrons. The van der Waals surface area contributed by atoms with Crippen LogP contribution in [-0.2, 0) is 0 Å². The Morgan fingerprint density at radius 2 is 2.33 bits per heavy atom. The highest BCUT2D eigenvalue weighted by Gasteiger charge is 1.91. The summed E-state index contributed by atoms with van der Waals surface area (Å²) in [5, 5.41) is 0. The van der Waals surface area contributed by atoms with Gasteiger partial charge in [0, 0.05) is 5.57 Å². The molecule has 0 saturated carbocycles. The summed E-state index contributed by atoms with van der Waals surface area (Å²) in [6.45, 7) is 7.23. The highest BCUT2D eigenvalue weighted by Crippen LogP contribution is 2.20. The van der Waals surface area contributed by atoms with Gasteiger partial charge >= 0.3 is 0 Å². The lowest BCUT2D eigenvalue weighted by Gasteiger charge is -1.79. The van der Waals surface area contributed by atoms with E-state index in [0.717, 1.165) is 14.8 Å². The molecule has 0 aliphatic heterocycles. The minimum atomic E-state index is 0.722. The van der Waals surface area contributed by atoms with Gasteiger partial charge in [0.25, 0.3) is 0 Å². The lowest BCUT2D eigenvalue weighted by Crippen LogP contribution is -1.65. The fraction of sp³-hybridized carbons (Fsp3) is 0. The maximum absolute atomic E-state index is 5.72. The lowest BCUT2D eigenvalue weighted by molar-refractivity contribution is 1.86. The van der Waals surface area contributed by atoms with Crippen LogP contribution in [0.4, 0.5) is 0 Å². The van der Waals surface area contributed by atoms with Crippen molar-refractivity contribution in [3.8, 4) is 11.8 Å². The first-order valence-electron chi connectivity index (χ1n) is 3.31. The summed E-state index contributed by atoms with van der Waals surface area (Å²) in [4.78, 5) is 0.947. The van der Waals surface area contributed by atoms with Gasteiger partial charge in [0.15, 0.2) is 0 Å². The fourth-order valence-corrected chi connectivity index (χ4v) is 1.47. The SMILES string of the molecule is C=CC(=C)C#Cc1ccc(Cl)s1. The normalized spacial score (nSPS) is 8.42. The summed E-state index contributed by atoms with van der Waals surface area (Å²) in [7, 11) is 0. The van der Waals surface area contributed by atoms with Crippen molar-refractivity contribution in [2.45, 2.75) is 0 Å². The van der Waals surface area contributed by atoms with Crippen LogP contribution < -0.4 is 0 Å². The highest BCUT2D eigenvalue weighted by atomic mass is 35.5. The number of allylic oxidation sites excluding steroid dienone is 2. The lowest BCUT2D eigenvalue weighted by atomic mass is 10.3. The molecule has 0 atom stereocenters. The zero-order valence-corrected chi connectivity index (χ0v) is 8.00. The summed E-state index contributed by atoms with van der Waals surface area (Å²) in [5.41, 5.74) is 0.722. The molecule has 0 spiro atoms. The predicted molar refractivity (Wildman–Crippen MR) is 55.5 cm³/mol. The summed E-state index contributed by atoms with van der Waals surface area (Å²) in [6, 6.07) is 3.71. The van der Waals surface area contributed by atoms with Crippen LogP contribution in [-0.4, -0.2) is 0 Å². The van der Waals surface area contributed by atoms with Gasteiger partial charge in [-0.25, -0.2) is 0 Å². The number of halogens is 1. The molecular weight excluding hydrogens is 188 g/mol. The Morgan fingerprint density at radius 1 is 1.58 bits per heavy atom. The number of thiophene rings is 1. The van der Waals surface area contributed by atoms with E-state index >= 15 is 0 Å². The molecule has 1 rings (SSSR count). The monoisotopic (exact) mass is 194 g/mol. The summed E-state index contributed by atoms with van der Waals surface area (Å²) >= 11 is 7.17. The Balaban J connectivity index is 2.79. The van der Waals surface area contributed by atoms with Crippen molar-refractivity contribution < 1.29 is 0 Å². The topological polar surface area (TPSA) is 0 Å². The molecule has 0 unspecified atom stereocenters. The van der Waals surface area contributed by atoms with Crippen LogP contribution >= 0.6 is 22.9 Å². The molecule has 12 heavy (non-hydrogen) atoms. The van der Waals surface area contributed by atoms with Gasteiger partial charge in [-0.3, -0.25) is 0 Å². The van der Waals surface area contributed by atoms with Crippen molar-refractivity contribution in [3.05, 3.63) is 46.2 Å². The third kappa shape index (κ3) is 2.58. The van der Waals surface area contributed by atoms with Crippen molar-refractivity contribution in [1.29, 1.82) is 0 Å². The average Bonchev–Trinajstić information content (AvgIpc) is 2.47. The molecule has 0 N–H and O–H groups in total. The van der Waals surface area contributed by atoms with Gasteiger partial charge in [0.05, 0.1) is 9.21 Å². The summed E-state index contributed by atoms with van der Waals surface area (Å²) < 4.78 is 0.753. The van der Waals surface area contributed by atoms with E-state index in [1.54, 1.807) is 6.08 Å². The van der Waals surface area contributed by atoms with Gasteiger partial charge in [-0.2, -0.15) is 0 Å². The van der Waals surface area contributed by atoms with Crippen LogP contribution in [0.5, 0.6) is 0 Å². The molecular formula is C10H7ClS. The zero-order chi connectivity index (χ0) is 8.97. The van der Waals surface area contributed by atoms with E-state index in [4.69, 9.17) is 11.6 Å². The summed E-state index contributed by atoms with van der Waals surface area (Å²) in [6.07, 6.45) is 1.63. The van der Waals surface area contributed by atoms with E-state index in [2.05, 4.69) is 25.0 Å². The van der Waals surface area contributed by atoms with Crippen molar-refractivity contribution in [2.24, 2.45) is 0 Å². The third-order valence-electron chi connectivity index (χ3n) is 1.17. The second-order valence-corrected chi connectivity index (χ2v) is 3.80. The first kappa shape index (κ1) is 9.12. The largest absolute Gasteiger partial charge is 0.115 e. The van der Waals surface area contributed by atoms with Crippen LogP contribution in [0.2, 0.25) is 4.34 Å². The number of rotatable bonds is 1. The first-order chi connectivity index (χ1) is 5.72. The highest BCUT2D eigenvalue weighted by molar-refractivity contribution is 7.16. The smallest absolute Gasteiger partial charge is 0.0941 e. The Kier molecular flexibility index (Phi) is 3.16. The molecule has 0 amide bonds. The van der Waals surface area contributed by atoms with Gasteiger partial charge in [-0.1, -0.05) is 42.7 Å². The second-order valence-electron chi connectivity index (χ2n) is 2.08. The van der Waals surface area contributed by atoms with E-state index in [-0.39, 0.29) is 0 Å². The Morgan fingerprint density at radius 3 is 2.83 bits per heavy atom. The zero-order valence-electron chi connectivity index (χ0n) is 6.43. The quantitative estimate of drug-likeness (QED) is 0.474. The maximum atomic E-state index is 5.72. The molecule has 0 nitrogen and oxygen atoms in total. The molecule has 1 heterocycles. The van der Waals surface area contributed by atoms with Gasteiger partial charge in [-0.15, -0.1) is 11.3 Å². The Labute approximate surface area is 81.2 Å². The molecule has 1 aromatic heterocycles. The third-order valence-corrected chi connectivity index (χ3v) is 2.31. The first-order valence-corrected chi connectivity index (χ1v) is 4.50. The van der Waals surface area contributed by atoms with E-state index in [0.29, 0.717) is 0 Å². The average molecular weight is 195 g/mol. The van der Waals surface area contributed by atoms with Gasteiger partial charge in [0.1, 0.15) is 0 Å². The van der Waals surface area contributed by atoms with E-state index in [1.807, 2.05) is 12.1 Å². The molecule has 2 heteroatoms. The second kappa shape index (κ2) is 4.15. The fourth-order valence-electron chi connectivity index (χ4n) is 0.574. The molecule has 0 aromatic carbocycles. The molecule has 1 aromatic rings.